The fourth-order valence-electron chi connectivity index (χ4n) is 0.865. The van der Waals surface area contributed by atoms with Gasteiger partial charge in [0.05, 0.1) is 5.76 Å². The topological polar surface area (TPSA) is 61.8 Å². The second kappa shape index (κ2) is 9.21. The summed E-state index contributed by atoms with van der Waals surface area (Å²) in [5.74, 6) is 0.366. The second-order valence-electron chi connectivity index (χ2n) is 3.01. The number of hydrogen-bond donors (Lipinski definition) is 0. The molecule has 0 aliphatic heterocycles. The molecule has 0 aromatic carbocycles. The van der Waals surface area contributed by atoms with E-state index in [1.54, 1.807) is 0 Å². The monoisotopic (exact) mass is 240 g/mol. The zero-order valence-electron chi connectivity index (χ0n) is 9.65. The minimum atomic E-state index is -0.494. The molecule has 0 aromatic heterocycles. The van der Waals surface area contributed by atoms with Crippen LogP contribution in [0.25, 0.3) is 0 Å². The number of carbonyl (C=O) groups is 2. The fourth-order valence-corrected chi connectivity index (χ4v) is 0.865. The van der Waals surface area contributed by atoms with E-state index < -0.39 is 5.97 Å². The Hall–Kier alpha value is -2.04. The third-order valence-electron chi connectivity index (χ3n) is 1.70. The molecule has 0 aromatic rings. The van der Waals surface area contributed by atoms with E-state index in [4.69, 9.17) is 9.47 Å². The quantitative estimate of drug-likeness (QED) is 0.191. The highest BCUT2D eigenvalue weighted by molar-refractivity contribution is 5.81. The van der Waals surface area contributed by atoms with Gasteiger partial charge >= 0.3 is 5.97 Å². The first-order valence-corrected chi connectivity index (χ1v) is 4.98. The summed E-state index contributed by atoms with van der Waals surface area (Å²) in [6, 6.07) is 0. The number of rotatable bonds is 10. The van der Waals surface area contributed by atoms with E-state index in [0.29, 0.717) is 30.8 Å². The van der Waals surface area contributed by atoms with Crippen LogP contribution in [-0.4, -0.2) is 25.7 Å². The summed E-state index contributed by atoms with van der Waals surface area (Å²) >= 11 is 0. The van der Waals surface area contributed by atoms with Crippen molar-refractivity contribution >= 4 is 12.4 Å². The highest BCUT2D eigenvalue weighted by Gasteiger charge is 2.00. The first-order chi connectivity index (χ1) is 8.10. The average molecular weight is 240 g/mol. The molecule has 0 saturated carbocycles. The van der Waals surface area contributed by atoms with Crippen molar-refractivity contribution in [3.63, 3.8) is 0 Å². The molecular weight excluding hydrogens is 224 g/mol. The lowest BCUT2D eigenvalue weighted by Gasteiger charge is -2.09. The number of carbonyl (C=O) groups excluding carboxylic acids is 2. The molecule has 0 bridgehead atoms. The molecule has 5 nitrogen and oxygen atoms in total. The standard InChI is InChI=1S/C12H16O5/c1-4-12(14)16-8-7-15-10(2)5-6-11(3)17-9-13/h4,9H,1-3,5-8H2. The van der Waals surface area contributed by atoms with Crippen LogP contribution in [0, 0.1) is 0 Å². The Morgan fingerprint density at radius 1 is 1.06 bits per heavy atom. The van der Waals surface area contributed by atoms with Crippen molar-refractivity contribution in [2.75, 3.05) is 13.2 Å². The van der Waals surface area contributed by atoms with Crippen molar-refractivity contribution in [3.05, 3.63) is 37.3 Å². The SMILES string of the molecule is C=CC(=O)OCCOC(=C)CCC(=C)OC=O. The number of allylic oxidation sites excluding steroid dienone is 2. The van der Waals surface area contributed by atoms with Crippen LogP contribution in [0.5, 0.6) is 0 Å². The largest absolute Gasteiger partial charge is 0.495 e. The smallest absolute Gasteiger partial charge is 0.330 e. The van der Waals surface area contributed by atoms with Crippen molar-refractivity contribution in [2.24, 2.45) is 0 Å². The fraction of sp³-hybridized carbons (Fsp3) is 0.333. The molecule has 0 N–H and O–H groups in total. The third-order valence-corrected chi connectivity index (χ3v) is 1.70. The molecular formula is C12H16O5. The molecule has 0 rings (SSSR count). The molecule has 0 radical (unpaired) electrons. The van der Waals surface area contributed by atoms with Gasteiger partial charge in [0.1, 0.15) is 19.0 Å². The van der Waals surface area contributed by atoms with E-state index in [1.807, 2.05) is 0 Å². The van der Waals surface area contributed by atoms with Crippen LogP contribution in [0.2, 0.25) is 0 Å². The van der Waals surface area contributed by atoms with Gasteiger partial charge in [-0.3, -0.25) is 4.79 Å². The Kier molecular flexibility index (Phi) is 8.10. The Labute approximate surface area is 100 Å². The van der Waals surface area contributed by atoms with Crippen molar-refractivity contribution < 1.29 is 23.8 Å². The van der Waals surface area contributed by atoms with E-state index in [0.717, 1.165) is 6.08 Å². The maximum Gasteiger partial charge on any atom is 0.330 e. The van der Waals surface area contributed by atoms with Gasteiger partial charge in [-0.05, 0) is 0 Å². The van der Waals surface area contributed by atoms with Crippen LogP contribution in [0.1, 0.15) is 12.8 Å². The van der Waals surface area contributed by atoms with Crippen LogP contribution in [0.15, 0.2) is 37.3 Å². The molecule has 0 heterocycles. The summed E-state index contributed by atoms with van der Waals surface area (Å²) < 4.78 is 14.4. The van der Waals surface area contributed by atoms with Gasteiger partial charge in [0.25, 0.3) is 6.47 Å². The molecule has 0 saturated heterocycles. The summed E-state index contributed by atoms with van der Waals surface area (Å²) in [7, 11) is 0. The van der Waals surface area contributed by atoms with Gasteiger partial charge in [0, 0.05) is 18.9 Å². The zero-order valence-corrected chi connectivity index (χ0v) is 9.65. The first-order valence-electron chi connectivity index (χ1n) is 4.98. The van der Waals surface area contributed by atoms with E-state index in [9.17, 15) is 9.59 Å². The normalized spacial score (nSPS) is 8.94. The Morgan fingerprint density at radius 3 is 2.24 bits per heavy atom. The van der Waals surface area contributed by atoms with Gasteiger partial charge in [0.15, 0.2) is 0 Å². The molecule has 0 amide bonds. The molecule has 0 unspecified atom stereocenters. The van der Waals surface area contributed by atoms with Gasteiger partial charge in [-0.2, -0.15) is 0 Å². The number of hydrogen-bond acceptors (Lipinski definition) is 5. The van der Waals surface area contributed by atoms with E-state index in [2.05, 4.69) is 24.5 Å². The second-order valence-corrected chi connectivity index (χ2v) is 3.01. The molecule has 0 atom stereocenters. The minimum Gasteiger partial charge on any atom is -0.495 e. The summed E-state index contributed by atoms with van der Waals surface area (Å²) in [4.78, 5) is 20.6. The molecule has 0 aliphatic rings. The van der Waals surface area contributed by atoms with Crippen molar-refractivity contribution in [3.8, 4) is 0 Å². The van der Waals surface area contributed by atoms with Crippen molar-refractivity contribution in [1.29, 1.82) is 0 Å². The van der Waals surface area contributed by atoms with Gasteiger partial charge in [-0.15, -0.1) is 0 Å². The van der Waals surface area contributed by atoms with Crippen LogP contribution >= 0.6 is 0 Å². The molecule has 0 aliphatic carbocycles. The van der Waals surface area contributed by atoms with E-state index >= 15 is 0 Å². The lowest BCUT2D eigenvalue weighted by atomic mass is 10.2. The third kappa shape index (κ3) is 8.92. The highest BCUT2D eigenvalue weighted by atomic mass is 16.6. The maximum atomic E-state index is 10.7. The summed E-state index contributed by atoms with van der Waals surface area (Å²) in [5.41, 5.74) is 0. The van der Waals surface area contributed by atoms with Gasteiger partial charge in [0.2, 0.25) is 0 Å². The highest BCUT2D eigenvalue weighted by Crippen LogP contribution is 2.10. The number of esters is 1. The van der Waals surface area contributed by atoms with E-state index in [1.165, 1.54) is 0 Å². The van der Waals surface area contributed by atoms with Crippen LogP contribution in [-0.2, 0) is 23.8 Å². The minimum absolute atomic E-state index is 0.135. The maximum absolute atomic E-state index is 10.7. The predicted octanol–water partition coefficient (Wildman–Crippen LogP) is 1.71. The van der Waals surface area contributed by atoms with Crippen LogP contribution < -0.4 is 0 Å². The molecule has 94 valence electrons. The van der Waals surface area contributed by atoms with Gasteiger partial charge in [-0.25, -0.2) is 4.79 Å². The lowest BCUT2D eigenvalue weighted by molar-refractivity contribution is -0.138. The van der Waals surface area contributed by atoms with Crippen LogP contribution in [0.3, 0.4) is 0 Å². The van der Waals surface area contributed by atoms with Crippen molar-refractivity contribution in [1.82, 2.24) is 0 Å². The molecule has 0 fully saturated rings. The predicted molar refractivity (Wildman–Crippen MR) is 61.8 cm³/mol. The van der Waals surface area contributed by atoms with E-state index in [-0.39, 0.29) is 13.2 Å². The van der Waals surface area contributed by atoms with Crippen molar-refractivity contribution in [2.45, 2.75) is 12.8 Å². The zero-order chi connectivity index (χ0) is 13.1. The van der Waals surface area contributed by atoms with Gasteiger partial charge in [-0.1, -0.05) is 19.7 Å². The summed E-state index contributed by atoms with van der Waals surface area (Å²) in [6.07, 6.45) is 2.02. The Balaban J connectivity index is 3.53. The Bertz CT molecular complexity index is 306. The first kappa shape index (κ1) is 15.0. The van der Waals surface area contributed by atoms with Crippen LogP contribution in [0.4, 0.5) is 0 Å². The molecule has 5 heteroatoms. The average Bonchev–Trinajstić information content (AvgIpc) is 2.32. The lowest BCUT2D eigenvalue weighted by Crippen LogP contribution is -2.08. The number of ether oxygens (including phenoxy) is 3. The molecule has 17 heavy (non-hydrogen) atoms. The summed E-state index contributed by atoms with van der Waals surface area (Å²) in [5, 5.41) is 0. The molecule has 0 spiro atoms. The Morgan fingerprint density at radius 2 is 1.65 bits per heavy atom. The van der Waals surface area contributed by atoms with Gasteiger partial charge < -0.3 is 14.2 Å². The summed E-state index contributed by atoms with van der Waals surface area (Å²) in [6.45, 7) is 11.1.